The second-order valence-corrected chi connectivity index (χ2v) is 3.80. The van der Waals surface area contributed by atoms with Gasteiger partial charge in [0.05, 0.1) is 6.61 Å². The van der Waals surface area contributed by atoms with Gasteiger partial charge in [0.1, 0.15) is 0 Å². The molecule has 0 heterocycles. The maximum Gasteiger partial charge on any atom is 0.0653 e. The van der Waals surface area contributed by atoms with E-state index in [0.717, 1.165) is 13.2 Å². The summed E-state index contributed by atoms with van der Waals surface area (Å²) in [5.74, 6) is 0. The maximum atomic E-state index is 5.04. The molecule has 0 saturated carbocycles. The van der Waals surface area contributed by atoms with Crippen molar-refractivity contribution in [2.45, 2.75) is 65.2 Å². The van der Waals surface area contributed by atoms with Crippen molar-refractivity contribution in [2.75, 3.05) is 13.2 Å². The molecular formula is C12H27NO. The van der Waals surface area contributed by atoms with Gasteiger partial charge in [0, 0.05) is 6.54 Å². The molecule has 0 amide bonds. The number of hydrogen-bond donors (Lipinski definition) is 1. The zero-order valence-corrected chi connectivity index (χ0v) is 9.98. The molecule has 0 radical (unpaired) electrons. The standard InChI is InChI=1S/C12H27NO/c1-3-5-6-7-8-9-10-11-12-13-14-4-2/h13H,3-12H2,1-2H3. The van der Waals surface area contributed by atoms with E-state index in [1.165, 1.54) is 51.4 Å². The summed E-state index contributed by atoms with van der Waals surface area (Å²) < 4.78 is 0. The van der Waals surface area contributed by atoms with Crippen molar-refractivity contribution < 1.29 is 4.84 Å². The molecule has 0 aliphatic rings. The summed E-state index contributed by atoms with van der Waals surface area (Å²) in [5, 5.41) is 0. The van der Waals surface area contributed by atoms with Crippen LogP contribution in [0.5, 0.6) is 0 Å². The molecular weight excluding hydrogens is 174 g/mol. The van der Waals surface area contributed by atoms with Crippen molar-refractivity contribution in [3.05, 3.63) is 0 Å². The van der Waals surface area contributed by atoms with Gasteiger partial charge < -0.3 is 4.84 Å². The Morgan fingerprint density at radius 3 is 1.93 bits per heavy atom. The summed E-state index contributed by atoms with van der Waals surface area (Å²) in [5.41, 5.74) is 2.95. The van der Waals surface area contributed by atoms with Crippen LogP contribution in [0.25, 0.3) is 0 Å². The summed E-state index contributed by atoms with van der Waals surface area (Å²) >= 11 is 0. The highest BCUT2D eigenvalue weighted by molar-refractivity contribution is 4.46. The molecule has 0 aromatic rings. The molecule has 0 aliphatic carbocycles. The maximum absolute atomic E-state index is 5.04. The fraction of sp³-hybridized carbons (Fsp3) is 1.00. The van der Waals surface area contributed by atoms with Crippen LogP contribution in [-0.2, 0) is 4.84 Å². The van der Waals surface area contributed by atoms with Gasteiger partial charge >= 0.3 is 0 Å². The van der Waals surface area contributed by atoms with Crippen LogP contribution >= 0.6 is 0 Å². The van der Waals surface area contributed by atoms with Crippen LogP contribution in [0.3, 0.4) is 0 Å². The minimum absolute atomic E-state index is 0.761. The average Bonchev–Trinajstić information content (AvgIpc) is 2.21. The fourth-order valence-electron chi connectivity index (χ4n) is 1.51. The van der Waals surface area contributed by atoms with Crippen molar-refractivity contribution in [1.82, 2.24) is 5.48 Å². The largest absolute Gasteiger partial charge is 0.302 e. The molecule has 2 heteroatoms. The van der Waals surface area contributed by atoms with E-state index in [1.807, 2.05) is 6.92 Å². The van der Waals surface area contributed by atoms with Crippen molar-refractivity contribution in [1.29, 1.82) is 0 Å². The number of unbranched alkanes of at least 4 members (excludes halogenated alkanes) is 7. The lowest BCUT2D eigenvalue weighted by atomic mass is 10.1. The van der Waals surface area contributed by atoms with E-state index in [1.54, 1.807) is 0 Å². The molecule has 0 bridgehead atoms. The smallest absolute Gasteiger partial charge is 0.0653 e. The van der Waals surface area contributed by atoms with Crippen molar-refractivity contribution in [3.63, 3.8) is 0 Å². The molecule has 0 saturated heterocycles. The molecule has 0 aliphatic heterocycles. The van der Waals surface area contributed by atoms with Crippen LogP contribution in [0.1, 0.15) is 65.2 Å². The van der Waals surface area contributed by atoms with E-state index >= 15 is 0 Å². The lowest BCUT2D eigenvalue weighted by molar-refractivity contribution is 0.0500. The molecule has 0 unspecified atom stereocenters. The molecule has 0 spiro atoms. The zero-order valence-electron chi connectivity index (χ0n) is 9.98. The third-order valence-corrected chi connectivity index (χ3v) is 2.38. The third kappa shape index (κ3) is 11.9. The summed E-state index contributed by atoms with van der Waals surface area (Å²) in [7, 11) is 0. The molecule has 0 atom stereocenters. The second kappa shape index (κ2) is 12.9. The summed E-state index contributed by atoms with van der Waals surface area (Å²) in [6.45, 7) is 6.03. The summed E-state index contributed by atoms with van der Waals surface area (Å²) in [6.07, 6.45) is 11.0. The highest BCUT2D eigenvalue weighted by Crippen LogP contribution is 2.07. The van der Waals surface area contributed by atoms with Crippen LogP contribution in [-0.4, -0.2) is 13.2 Å². The molecule has 0 fully saturated rings. The average molecular weight is 201 g/mol. The Hall–Kier alpha value is -0.0800. The molecule has 0 aromatic heterocycles. The molecule has 2 nitrogen and oxygen atoms in total. The van der Waals surface area contributed by atoms with Crippen LogP contribution in [0.2, 0.25) is 0 Å². The molecule has 0 rings (SSSR count). The second-order valence-electron chi connectivity index (χ2n) is 3.80. The van der Waals surface area contributed by atoms with Gasteiger partial charge in [-0.3, -0.25) is 0 Å². The number of rotatable bonds is 11. The lowest BCUT2D eigenvalue weighted by Gasteiger charge is -2.03. The monoisotopic (exact) mass is 201 g/mol. The Balaban J connectivity index is 2.78. The quantitative estimate of drug-likeness (QED) is 0.407. The number of hydroxylamine groups is 1. The van der Waals surface area contributed by atoms with Crippen LogP contribution in [0.15, 0.2) is 0 Å². The van der Waals surface area contributed by atoms with Crippen LogP contribution in [0, 0.1) is 0 Å². The number of nitrogens with one attached hydrogen (secondary N) is 1. The highest BCUT2D eigenvalue weighted by Gasteiger charge is 1.91. The third-order valence-electron chi connectivity index (χ3n) is 2.38. The van der Waals surface area contributed by atoms with Gasteiger partial charge in [-0.1, -0.05) is 51.9 Å². The first-order chi connectivity index (χ1) is 6.91. The Labute approximate surface area is 89.4 Å². The normalized spacial score (nSPS) is 10.7. The topological polar surface area (TPSA) is 21.3 Å². The highest BCUT2D eigenvalue weighted by atomic mass is 16.6. The van der Waals surface area contributed by atoms with Crippen molar-refractivity contribution in [3.8, 4) is 0 Å². The van der Waals surface area contributed by atoms with E-state index < -0.39 is 0 Å². The Morgan fingerprint density at radius 1 is 0.786 bits per heavy atom. The van der Waals surface area contributed by atoms with Gasteiger partial charge in [-0.05, 0) is 13.3 Å². The van der Waals surface area contributed by atoms with Crippen LogP contribution < -0.4 is 5.48 Å². The predicted octanol–water partition coefficient (Wildman–Crippen LogP) is 3.67. The molecule has 0 aromatic carbocycles. The van der Waals surface area contributed by atoms with Crippen molar-refractivity contribution >= 4 is 0 Å². The summed E-state index contributed by atoms with van der Waals surface area (Å²) in [4.78, 5) is 5.04. The van der Waals surface area contributed by atoms with E-state index in [2.05, 4.69) is 12.4 Å². The van der Waals surface area contributed by atoms with Gasteiger partial charge in [0.25, 0.3) is 0 Å². The Kier molecular flexibility index (Phi) is 12.8. The van der Waals surface area contributed by atoms with E-state index in [4.69, 9.17) is 4.84 Å². The SMILES string of the molecule is CCCCCCCCCCNOCC. The zero-order chi connectivity index (χ0) is 10.5. The van der Waals surface area contributed by atoms with Crippen LogP contribution in [0.4, 0.5) is 0 Å². The van der Waals surface area contributed by atoms with Gasteiger partial charge in [-0.15, -0.1) is 0 Å². The summed E-state index contributed by atoms with van der Waals surface area (Å²) in [6, 6.07) is 0. The number of hydrogen-bond acceptors (Lipinski definition) is 2. The molecule has 86 valence electrons. The van der Waals surface area contributed by atoms with Gasteiger partial charge in [0.15, 0.2) is 0 Å². The molecule has 14 heavy (non-hydrogen) atoms. The van der Waals surface area contributed by atoms with Gasteiger partial charge in [-0.2, -0.15) is 0 Å². The Bertz CT molecular complexity index is 84.3. The predicted molar refractivity (Wildman–Crippen MR) is 62.2 cm³/mol. The minimum atomic E-state index is 0.761. The van der Waals surface area contributed by atoms with E-state index in [0.29, 0.717) is 0 Å². The van der Waals surface area contributed by atoms with Gasteiger partial charge in [-0.25, -0.2) is 5.48 Å². The first-order valence-electron chi connectivity index (χ1n) is 6.26. The minimum Gasteiger partial charge on any atom is -0.302 e. The van der Waals surface area contributed by atoms with E-state index in [9.17, 15) is 0 Å². The van der Waals surface area contributed by atoms with E-state index in [-0.39, 0.29) is 0 Å². The lowest BCUT2D eigenvalue weighted by Crippen LogP contribution is -2.15. The Morgan fingerprint density at radius 2 is 1.36 bits per heavy atom. The van der Waals surface area contributed by atoms with Gasteiger partial charge in [0.2, 0.25) is 0 Å². The van der Waals surface area contributed by atoms with Crippen molar-refractivity contribution in [2.24, 2.45) is 0 Å². The first kappa shape index (κ1) is 13.9. The fourth-order valence-corrected chi connectivity index (χ4v) is 1.51. The first-order valence-corrected chi connectivity index (χ1v) is 6.26. The molecule has 1 N–H and O–H groups in total.